The number of H-pyrrole nitrogens is 1. The summed E-state index contributed by atoms with van der Waals surface area (Å²) in [4.78, 5) is 18.3. The Labute approximate surface area is 124 Å². The summed E-state index contributed by atoms with van der Waals surface area (Å²) < 4.78 is 5.05. The number of aromatic amines is 1. The summed E-state index contributed by atoms with van der Waals surface area (Å²) >= 11 is 0. The number of rotatable bonds is 6. The number of nitrogens with one attached hydrogen (secondary N) is 2. The minimum absolute atomic E-state index is 0.734. The van der Waals surface area contributed by atoms with Crippen LogP contribution in [0.15, 0.2) is 12.7 Å². The lowest BCUT2D eigenvalue weighted by Crippen LogP contribution is -2.38. The van der Waals surface area contributed by atoms with Crippen molar-refractivity contribution in [3.63, 3.8) is 0 Å². The van der Waals surface area contributed by atoms with Crippen molar-refractivity contribution < 1.29 is 4.74 Å². The van der Waals surface area contributed by atoms with Crippen LogP contribution in [0, 0.1) is 5.92 Å². The Hall–Kier alpha value is -1.73. The van der Waals surface area contributed by atoms with Gasteiger partial charge in [-0.3, -0.25) is 0 Å². The average Bonchev–Trinajstić information content (AvgIpc) is 3.01. The van der Waals surface area contributed by atoms with Crippen molar-refractivity contribution >= 4 is 17.0 Å². The molecule has 2 N–H and O–H groups in total. The SMILES string of the molecule is COCCNCC1CCN(c2ncnc3nc[nH]c23)CC1. The van der Waals surface area contributed by atoms with Crippen LogP contribution in [-0.4, -0.2) is 59.8 Å². The van der Waals surface area contributed by atoms with Crippen LogP contribution in [0.3, 0.4) is 0 Å². The van der Waals surface area contributed by atoms with Gasteiger partial charge in [-0.05, 0) is 25.3 Å². The summed E-state index contributed by atoms with van der Waals surface area (Å²) in [5, 5.41) is 3.45. The maximum absolute atomic E-state index is 5.05. The monoisotopic (exact) mass is 290 g/mol. The van der Waals surface area contributed by atoms with Gasteiger partial charge in [0.15, 0.2) is 11.5 Å². The van der Waals surface area contributed by atoms with E-state index in [1.54, 1.807) is 19.8 Å². The van der Waals surface area contributed by atoms with Crippen molar-refractivity contribution in [2.45, 2.75) is 12.8 Å². The zero-order chi connectivity index (χ0) is 14.5. The van der Waals surface area contributed by atoms with Gasteiger partial charge in [-0.15, -0.1) is 0 Å². The van der Waals surface area contributed by atoms with Gasteiger partial charge < -0.3 is 19.9 Å². The first-order valence-electron chi connectivity index (χ1n) is 7.47. The second-order valence-electron chi connectivity index (χ2n) is 5.43. The molecule has 3 rings (SSSR count). The Morgan fingerprint density at radius 1 is 1.33 bits per heavy atom. The molecule has 0 bridgehead atoms. The molecule has 0 atom stereocenters. The second-order valence-corrected chi connectivity index (χ2v) is 5.43. The molecule has 0 saturated carbocycles. The van der Waals surface area contributed by atoms with Crippen LogP contribution in [0.2, 0.25) is 0 Å². The molecule has 0 radical (unpaired) electrons. The molecule has 3 heterocycles. The Bertz CT molecular complexity index is 563. The van der Waals surface area contributed by atoms with Gasteiger partial charge in [-0.25, -0.2) is 15.0 Å². The number of piperidine rings is 1. The maximum atomic E-state index is 5.05. The van der Waals surface area contributed by atoms with E-state index in [1.165, 1.54) is 12.8 Å². The average molecular weight is 290 g/mol. The smallest absolute Gasteiger partial charge is 0.182 e. The Balaban J connectivity index is 1.55. The molecule has 7 nitrogen and oxygen atoms in total. The fraction of sp³-hybridized carbons (Fsp3) is 0.643. The second kappa shape index (κ2) is 6.82. The molecule has 0 amide bonds. The highest BCUT2D eigenvalue weighted by molar-refractivity contribution is 5.82. The summed E-state index contributed by atoms with van der Waals surface area (Å²) in [6.07, 6.45) is 5.63. The van der Waals surface area contributed by atoms with Crippen LogP contribution in [0.25, 0.3) is 11.2 Å². The van der Waals surface area contributed by atoms with Gasteiger partial charge in [0.05, 0.1) is 12.9 Å². The van der Waals surface area contributed by atoms with Crippen molar-refractivity contribution in [3.8, 4) is 0 Å². The minimum atomic E-state index is 0.734. The summed E-state index contributed by atoms with van der Waals surface area (Å²) in [5.41, 5.74) is 1.68. The molecule has 21 heavy (non-hydrogen) atoms. The molecule has 114 valence electrons. The van der Waals surface area contributed by atoms with E-state index >= 15 is 0 Å². The molecule has 0 aliphatic carbocycles. The largest absolute Gasteiger partial charge is 0.383 e. The van der Waals surface area contributed by atoms with E-state index in [0.717, 1.165) is 55.7 Å². The van der Waals surface area contributed by atoms with Gasteiger partial charge in [0, 0.05) is 26.7 Å². The van der Waals surface area contributed by atoms with E-state index in [4.69, 9.17) is 4.74 Å². The molecule has 2 aromatic heterocycles. The molecule has 1 fully saturated rings. The molecule has 0 spiro atoms. The zero-order valence-corrected chi connectivity index (χ0v) is 12.4. The van der Waals surface area contributed by atoms with Crippen LogP contribution in [-0.2, 0) is 4.74 Å². The number of aromatic nitrogens is 4. The highest BCUT2D eigenvalue weighted by Gasteiger charge is 2.21. The molecule has 1 saturated heterocycles. The van der Waals surface area contributed by atoms with Crippen molar-refractivity contribution in [3.05, 3.63) is 12.7 Å². The first-order chi connectivity index (χ1) is 10.4. The van der Waals surface area contributed by atoms with Gasteiger partial charge in [0.2, 0.25) is 0 Å². The van der Waals surface area contributed by atoms with Crippen LogP contribution in [0.5, 0.6) is 0 Å². The molecule has 0 unspecified atom stereocenters. The van der Waals surface area contributed by atoms with E-state index < -0.39 is 0 Å². The molecule has 7 heteroatoms. The fourth-order valence-corrected chi connectivity index (χ4v) is 2.82. The standard InChI is InChI=1S/C14H22N6O/c1-21-7-4-15-8-11-2-5-20(6-3-11)14-12-13(17-9-16-12)18-10-19-14/h9-11,15H,2-8H2,1H3,(H,16,17,18,19). The molecule has 0 aromatic carbocycles. The van der Waals surface area contributed by atoms with Crippen LogP contribution in [0.1, 0.15) is 12.8 Å². The van der Waals surface area contributed by atoms with Crippen LogP contribution >= 0.6 is 0 Å². The normalized spacial score (nSPS) is 16.7. The van der Waals surface area contributed by atoms with Gasteiger partial charge >= 0.3 is 0 Å². The third-order valence-electron chi connectivity index (χ3n) is 4.03. The number of anilines is 1. The summed E-state index contributed by atoms with van der Waals surface area (Å²) in [5.74, 6) is 1.71. The highest BCUT2D eigenvalue weighted by atomic mass is 16.5. The van der Waals surface area contributed by atoms with E-state index in [9.17, 15) is 0 Å². The summed E-state index contributed by atoms with van der Waals surface area (Å²) in [6.45, 7) is 4.83. The van der Waals surface area contributed by atoms with E-state index in [-0.39, 0.29) is 0 Å². The Kier molecular flexibility index (Phi) is 4.62. The quantitative estimate of drug-likeness (QED) is 0.766. The third kappa shape index (κ3) is 3.30. The lowest BCUT2D eigenvalue weighted by atomic mass is 9.97. The minimum Gasteiger partial charge on any atom is -0.383 e. The molecular formula is C14H22N6O. The van der Waals surface area contributed by atoms with Gasteiger partial charge in [0.25, 0.3) is 0 Å². The highest BCUT2D eigenvalue weighted by Crippen LogP contribution is 2.25. The first-order valence-corrected chi connectivity index (χ1v) is 7.47. The topological polar surface area (TPSA) is 79.0 Å². The first kappa shape index (κ1) is 14.2. The number of nitrogens with zero attached hydrogens (tertiary/aromatic N) is 4. The zero-order valence-electron chi connectivity index (χ0n) is 12.4. The third-order valence-corrected chi connectivity index (χ3v) is 4.03. The van der Waals surface area contributed by atoms with E-state index in [2.05, 4.69) is 30.2 Å². The van der Waals surface area contributed by atoms with Crippen molar-refractivity contribution in [1.82, 2.24) is 25.3 Å². The number of methoxy groups -OCH3 is 1. The predicted octanol–water partition coefficient (Wildman–Crippen LogP) is 0.805. The van der Waals surface area contributed by atoms with Gasteiger partial charge in [-0.1, -0.05) is 0 Å². The molecule has 2 aromatic rings. The summed E-state index contributed by atoms with van der Waals surface area (Å²) in [7, 11) is 1.73. The molecule has 1 aliphatic rings. The van der Waals surface area contributed by atoms with Gasteiger partial charge in [-0.2, -0.15) is 0 Å². The predicted molar refractivity (Wildman–Crippen MR) is 81.4 cm³/mol. The van der Waals surface area contributed by atoms with E-state index in [1.807, 2.05) is 0 Å². The summed E-state index contributed by atoms with van der Waals surface area (Å²) in [6, 6.07) is 0. The van der Waals surface area contributed by atoms with Crippen molar-refractivity contribution in [2.75, 3.05) is 44.8 Å². The lowest BCUT2D eigenvalue weighted by Gasteiger charge is -2.32. The lowest BCUT2D eigenvalue weighted by molar-refractivity contribution is 0.197. The van der Waals surface area contributed by atoms with Gasteiger partial charge in [0.1, 0.15) is 11.8 Å². The van der Waals surface area contributed by atoms with Crippen molar-refractivity contribution in [2.24, 2.45) is 5.92 Å². The molecular weight excluding hydrogens is 268 g/mol. The number of imidazole rings is 1. The number of hydrogen-bond donors (Lipinski definition) is 2. The number of hydrogen-bond acceptors (Lipinski definition) is 6. The maximum Gasteiger partial charge on any atom is 0.182 e. The fourth-order valence-electron chi connectivity index (χ4n) is 2.82. The Morgan fingerprint density at radius 2 is 2.19 bits per heavy atom. The van der Waals surface area contributed by atoms with Crippen LogP contribution in [0.4, 0.5) is 5.82 Å². The number of ether oxygens (including phenoxy) is 1. The van der Waals surface area contributed by atoms with Crippen molar-refractivity contribution in [1.29, 1.82) is 0 Å². The molecule has 1 aliphatic heterocycles. The number of fused-ring (bicyclic) bond motifs is 1. The Morgan fingerprint density at radius 3 is 3.00 bits per heavy atom. The van der Waals surface area contributed by atoms with E-state index in [0.29, 0.717) is 0 Å². The van der Waals surface area contributed by atoms with Crippen LogP contribution < -0.4 is 10.2 Å².